The number of hydrogen-bond donors (Lipinski definition) is 2. The molecule has 0 saturated carbocycles. The standard InChI is InChI=1S/C14H17NO4/c1-8-3-4-10(14(17)18)6-12(8)15-13(16)11-5-9(2)19-7-11/h3-4,6,9,11H,5,7H2,1-2H3,(H,15,16)(H,17,18). The molecule has 1 amide bonds. The lowest BCUT2D eigenvalue weighted by molar-refractivity contribution is -0.119. The van der Waals surface area contributed by atoms with E-state index in [-0.39, 0.29) is 23.5 Å². The van der Waals surface area contributed by atoms with Gasteiger partial charge >= 0.3 is 5.97 Å². The van der Waals surface area contributed by atoms with Crippen LogP contribution in [0.15, 0.2) is 18.2 Å². The van der Waals surface area contributed by atoms with Crippen LogP contribution in [0.1, 0.15) is 29.3 Å². The van der Waals surface area contributed by atoms with Crippen LogP contribution in [-0.2, 0) is 9.53 Å². The molecule has 2 atom stereocenters. The maximum Gasteiger partial charge on any atom is 0.335 e. The Morgan fingerprint density at radius 3 is 2.74 bits per heavy atom. The number of aryl methyl sites for hydroxylation is 1. The zero-order valence-corrected chi connectivity index (χ0v) is 11.0. The number of carboxylic acids is 1. The quantitative estimate of drug-likeness (QED) is 0.875. The first kappa shape index (κ1) is 13.5. The summed E-state index contributed by atoms with van der Waals surface area (Å²) in [7, 11) is 0. The van der Waals surface area contributed by atoms with Crippen molar-refractivity contribution in [1.82, 2.24) is 0 Å². The second-order valence-corrected chi connectivity index (χ2v) is 4.90. The van der Waals surface area contributed by atoms with Crippen LogP contribution in [0.25, 0.3) is 0 Å². The van der Waals surface area contributed by atoms with E-state index in [4.69, 9.17) is 9.84 Å². The summed E-state index contributed by atoms with van der Waals surface area (Å²) in [6, 6.07) is 4.69. The van der Waals surface area contributed by atoms with E-state index in [2.05, 4.69) is 5.32 Å². The Labute approximate surface area is 111 Å². The monoisotopic (exact) mass is 263 g/mol. The first-order valence-electron chi connectivity index (χ1n) is 6.24. The molecule has 1 aliphatic rings. The lowest BCUT2D eigenvalue weighted by Gasteiger charge is -2.12. The predicted octanol–water partition coefficient (Wildman–Crippen LogP) is 2.06. The number of aromatic carboxylic acids is 1. The molecule has 0 aliphatic carbocycles. The van der Waals surface area contributed by atoms with Crippen molar-refractivity contribution in [2.45, 2.75) is 26.4 Å². The van der Waals surface area contributed by atoms with Crippen molar-refractivity contribution in [3.63, 3.8) is 0 Å². The zero-order chi connectivity index (χ0) is 14.0. The third kappa shape index (κ3) is 3.12. The molecule has 19 heavy (non-hydrogen) atoms. The summed E-state index contributed by atoms with van der Waals surface area (Å²) in [6.07, 6.45) is 0.797. The number of benzene rings is 1. The molecule has 0 aromatic heterocycles. The fourth-order valence-electron chi connectivity index (χ4n) is 2.12. The minimum Gasteiger partial charge on any atom is -0.478 e. The molecule has 0 bridgehead atoms. The molecule has 1 aromatic rings. The van der Waals surface area contributed by atoms with Crippen molar-refractivity contribution in [3.05, 3.63) is 29.3 Å². The Bertz CT molecular complexity index is 512. The van der Waals surface area contributed by atoms with E-state index in [0.29, 0.717) is 18.7 Å². The molecule has 2 unspecified atom stereocenters. The number of hydrogen-bond acceptors (Lipinski definition) is 3. The van der Waals surface area contributed by atoms with Gasteiger partial charge in [0.05, 0.1) is 24.2 Å². The number of anilines is 1. The maximum absolute atomic E-state index is 12.1. The summed E-state index contributed by atoms with van der Waals surface area (Å²) in [5.74, 6) is -1.29. The molecule has 1 saturated heterocycles. The van der Waals surface area contributed by atoms with Gasteiger partial charge in [0.2, 0.25) is 5.91 Å². The fourth-order valence-corrected chi connectivity index (χ4v) is 2.12. The molecule has 1 aliphatic heterocycles. The first-order chi connectivity index (χ1) is 8.97. The Morgan fingerprint density at radius 2 is 2.16 bits per heavy atom. The van der Waals surface area contributed by atoms with E-state index in [1.54, 1.807) is 6.07 Å². The molecule has 5 nitrogen and oxygen atoms in total. The van der Waals surface area contributed by atoms with Gasteiger partial charge in [-0.05, 0) is 38.0 Å². The van der Waals surface area contributed by atoms with Gasteiger partial charge in [0.15, 0.2) is 0 Å². The number of carbonyl (C=O) groups excluding carboxylic acids is 1. The summed E-state index contributed by atoms with van der Waals surface area (Å²) >= 11 is 0. The van der Waals surface area contributed by atoms with Gasteiger partial charge in [-0.2, -0.15) is 0 Å². The van der Waals surface area contributed by atoms with E-state index in [1.165, 1.54) is 12.1 Å². The average molecular weight is 263 g/mol. The molecule has 1 heterocycles. The molecule has 1 fully saturated rings. The maximum atomic E-state index is 12.1. The molecule has 0 spiro atoms. The summed E-state index contributed by atoms with van der Waals surface area (Å²) in [5.41, 5.74) is 1.55. The highest BCUT2D eigenvalue weighted by Gasteiger charge is 2.28. The predicted molar refractivity (Wildman–Crippen MR) is 70.3 cm³/mol. The number of carbonyl (C=O) groups is 2. The topological polar surface area (TPSA) is 75.6 Å². The third-order valence-electron chi connectivity index (χ3n) is 3.31. The van der Waals surface area contributed by atoms with E-state index >= 15 is 0 Å². The second-order valence-electron chi connectivity index (χ2n) is 4.90. The molecule has 102 valence electrons. The van der Waals surface area contributed by atoms with Crippen molar-refractivity contribution in [1.29, 1.82) is 0 Å². The zero-order valence-electron chi connectivity index (χ0n) is 11.0. The van der Waals surface area contributed by atoms with Crippen LogP contribution in [-0.4, -0.2) is 29.7 Å². The van der Waals surface area contributed by atoms with Crippen LogP contribution in [0.4, 0.5) is 5.69 Å². The fraction of sp³-hybridized carbons (Fsp3) is 0.429. The molecular formula is C14H17NO4. The highest BCUT2D eigenvalue weighted by atomic mass is 16.5. The minimum absolute atomic E-state index is 0.0993. The van der Waals surface area contributed by atoms with E-state index in [9.17, 15) is 9.59 Å². The summed E-state index contributed by atoms with van der Waals surface area (Å²) < 4.78 is 5.36. The summed E-state index contributed by atoms with van der Waals surface area (Å²) in [5, 5.41) is 11.7. The number of carboxylic acid groups (broad SMARTS) is 1. The highest BCUT2D eigenvalue weighted by molar-refractivity contribution is 5.96. The van der Waals surface area contributed by atoms with Gasteiger partial charge in [-0.15, -0.1) is 0 Å². The van der Waals surface area contributed by atoms with Crippen molar-refractivity contribution in [2.24, 2.45) is 5.92 Å². The lowest BCUT2D eigenvalue weighted by atomic mass is 10.0. The number of rotatable bonds is 3. The Balaban J connectivity index is 2.12. The Kier molecular flexibility index (Phi) is 3.85. The minimum atomic E-state index is -1.01. The highest BCUT2D eigenvalue weighted by Crippen LogP contribution is 2.23. The van der Waals surface area contributed by atoms with Crippen molar-refractivity contribution < 1.29 is 19.4 Å². The van der Waals surface area contributed by atoms with Crippen molar-refractivity contribution in [2.75, 3.05) is 11.9 Å². The first-order valence-corrected chi connectivity index (χ1v) is 6.24. The van der Waals surface area contributed by atoms with Crippen LogP contribution >= 0.6 is 0 Å². The number of amides is 1. The number of ether oxygens (including phenoxy) is 1. The Hall–Kier alpha value is -1.88. The van der Waals surface area contributed by atoms with Crippen LogP contribution in [0, 0.1) is 12.8 Å². The van der Waals surface area contributed by atoms with Crippen molar-refractivity contribution in [3.8, 4) is 0 Å². The van der Waals surface area contributed by atoms with Gasteiger partial charge in [0, 0.05) is 5.69 Å². The van der Waals surface area contributed by atoms with Crippen LogP contribution < -0.4 is 5.32 Å². The van der Waals surface area contributed by atoms with Gasteiger partial charge in [-0.1, -0.05) is 6.07 Å². The van der Waals surface area contributed by atoms with E-state index in [1.807, 2.05) is 13.8 Å². The van der Waals surface area contributed by atoms with Crippen LogP contribution in [0.5, 0.6) is 0 Å². The SMILES string of the molecule is Cc1ccc(C(=O)O)cc1NC(=O)C1COC(C)C1. The largest absolute Gasteiger partial charge is 0.478 e. The molecular weight excluding hydrogens is 246 g/mol. The van der Waals surface area contributed by atoms with Crippen LogP contribution in [0.3, 0.4) is 0 Å². The summed E-state index contributed by atoms with van der Waals surface area (Å²) in [6.45, 7) is 4.18. The molecule has 2 N–H and O–H groups in total. The average Bonchev–Trinajstić information content (AvgIpc) is 2.78. The second kappa shape index (κ2) is 5.40. The lowest BCUT2D eigenvalue weighted by Crippen LogP contribution is -2.23. The number of nitrogens with one attached hydrogen (secondary N) is 1. The van der Waals surface area contributed by atoms with Gasteiger partial charge in [-0.3, -0.25) is 4.79 Å². The Morgan fingerprint density at radius 1 is 1.42 bits per heavy atom. The summed E-state index contributed by atoms with van der Waals surface area (Å²) in [4.78, 5) is 23.0. The van der Waals surface area contributed by atoms with Gasteiger partial charge in [0.1, 0.15) is 0 Å². The normalized spacial score (nSPS) is 22.2. The van der Waals surface area contributed by atoms with Gasteiger partial charge in [-0.25, -0.2) is 4.79 Å². The molecule has 2 rings (SSSR count). The third-order valence-corrected chi connectivity index (χ3v) is 3.31. The molecule has 0 radical (unpaired) electrons. The molecule has 5 heteroatoms. The van der Waals surface area contributed by atoms with Gasteiger partial charge in [0.25, 0.3) is 0 Å². The molecule has 1 aromatic carbocycles. The van der Waals surface area contributed by atoms with Gasteiger partial charge < -0.3 is 15.2 Å². The van der Waals surface area contributed by atoms with E-state index in [0.717, 1.165) is 5.56 Å². The van der Waals surface area contributed by atoms with E-state index < -0.39 is 5.97 Å². The van der Waals surface area contributed by atoms with Crippen LogP contribution in [0.2, 0.25) is 0 Å². The smallest absolute Gasteiger partial charge is 0.335 e. The van der Waals surface area contributed by atoms with Crippen molar-refractivity contribution >= 4 is 17.6 Å².